The molecule has 1 rings (SSSR count). The summed E-state index contributed by atoms with van der Waals surface area (Å²) in [4.78, 5) is 11.7. The van der Waals surface area contributed by atoms with Gasteiger partial charge in [0, 0.05) is 17.7 Å². The topological polar surface area (TPSA) is 61.5 Å². The van der Waals surface area contributed by atoms with Crippen molar-refractivity contribution in [2.75, 3.05) is 6.61 Å². The van der Waals surface area contributed by atoms with E-state index in [0.29, 0.717) is 12.0 Å². The molecule has 0 aliphatic heterocycles. The Hall–Kier alpha value is -1.62. The molecule has 0 fully saturated rings. The number of hydrogen-bond donors (Lipinski definition) is 1. The first-order chi connectivity index (χ1) is 8.99. The molecule has 1 aromatic carbocycles. The molecule has 0 saturated carbocycles. The molecule has 0 heterocycles. The lowest BCUT2D eigenvalue weighted by Crippen LogP contribution is -2.29. The van der Waals surface area contributed by atoms with Gasteiger partial charge in [-0.05, 0) is 26.3 Å². The van der Waals surface area contributed by atoms with Crippen molar-refractivity contribution in [2.45, 2.75) is 39.3 Å². The van der Waals surface area contributed by atoms with Gasteiger partial charge < -0.3 is 15.2 Å². The van der Waals surface area contributed by atoms with Crippen molar-refractivity contribution < 1.29 is 18.7 Å². The number of rotatable bonds is 6. The van der Waals surface area contributed by atoms with Gasteiger partial charge in [-0.3, -0.25) is 0 Å². The van der Waals surface area contributed by atoms with E-state index in [0.717, 1.165) is 0 Å². The monoisotopic (exact) mass is 269 g/mol. The van der Waals surface area contributed by atoms with Crippen molar-refractivity contribution in [1.82, 2.24) is 0 Å². The lowest BCUT2D eigenvalue weighted by atomic mass is 10.1. The third kappa shape index (κ3) is 4.21. The highest BCUT2D eigenvalue weighted by Gasteiger charge is 2.21. The van der Waals surface area contributed by atoms with Crippen LogP contribution >= 0.6 is 0 Å². The number of benzene rings is 1. The summed E-state index contributed by atoms with van der Waals surface area (Å²) in [6, 6.07) is 3.81. The van der Waals surface area contributed by atoms with Crippen molar-refractivity contribution in [3.8, 4) is 5.75 Å². The largest absolute Gasteiger partial charge is 0.478 e. The molecule has 0 radical (unpaired) electrons. The highest BCUT2D eigenvalue weighted by molar-refractivity contribution is 5.75. The Morgan fingerprint density at radius 3 is 2.63 bits per heavy atom. The fourth-order valence-electron chi connectivity index (χ4n) is 1.67. The smallest absolute Gasteiger partial charge is 0.347 e. The highest BCUT2D eigenvalue weighted by Crippen LogP contribution is 2.26. The summed E-state index contributed by atoms with van der Waals surface area (Å²) in [7, 11) is 0. The van der Waals surface area contributed by atoms with Crippen molar-refractivity contribution in [3.63, 3.8) is 0 Å². The Labute approximate surface area is 112 Å². The maximum absolute atomic E-state index is 13.3. The Bertz CT molecular complexity index is 435. The minimum absolute atomic E-state index is 0.280. The van der Waals surface area contributed by atoms with Crippen molar-refractivity contribution in [3.05, 3.63) is 29.6 Å². The van der Waals surface area contributed by atoms with Gasteiger partial charge in [-0.15, -0.1) is 0 Å². The van der Waals surface area contributed by atoms with E-state index in [-0.39, 0.29) is 18.4 Å². The van der Waals surface area contributed by atoms with E-state index in [2.05, 4.69) is 0 Å². The maximum atomic E-state index is 13.3. The lowest BCUT2D eigenvalue weighted by molar-refractivity contribution is -0.151. The van der Waals surface area contributed by atoms with E-state index in [1.54, 1.807) is 26.8 Å². The van der Waals surface area contributed by atoms with Crippen LogP contribution in [0.3, 0.4) is 0 Å². The third-order valence-corrected chi connectivity index (χ3v) is 2.66. The van der Waals surface area contributed by atoms with Crippen LogP contribution in [0.1, 0.15) is 38.8 Å². The minimum atomic E-state index is -0.751. The first-order valence-corrected chi connectivity index (χ1v) is 6.37. The number of halogens is 1. The molecular formula is C14H20FNO3. The van der Waals surface area contributed by atoms with Gasteiger partial charge in [0.15, 0.2) is 6.10 Å². The van der Waals surface area contributed by atoms with Crippen molar-refractivity contribution in [1.29, 1.82) is 0 Å². The first kappa shape index (κ1) is 15.4. The Morgan fingerprint density at radius 2 is 2.11 bits per heavy atom. The molecule has 0 aliphatic rings. The van der Waals surface area contributed by atoms with E-state index in [4.69, 9.17) is 15.2 Å². The summed E-state index contributed by atoms with van der Waals surface area (Å²) in [6.45, 7) is 5.57. The molecule has 4 nitrogen and oxygen atoms in total. The zero-order valence-corrected chi connectivity index (χ0v) is 11.5. The van der Waals surface area contributed by atoms with Gasteiger partial charge in [0.2, 0.25) is 0 Å². The minimum Gasteiger partial charge on any atom is -0.478 e. The first-order valence-electron chi connectivity index (χ1n) is 6.37. The molecule has 0 spiro atoms. The van der Waals surface area contributed by atoms with Gasteiger partial charge in [-0.1, -0.05) is 13.0 Å². The van der Waals surface area contributed by atoms with Gasteiger partial charge >= 0.3 is 5.97 Å². The molecule has 0 aromatic heterocycles. The fourth-order valence-corrected chi connectivity index (χ4v) is 1.67. The van der Waals surface area contributed by atoms with Crippen LogP contribution in [0, 0.1) is 5.82 Å². The average Bonchev–Trinajstić information content (AvgIpc) is 2.35. The second-order valence-electron chi connectivity index (χ2n) is 4.24. The van der Waals surface area contributed by atoms with Gasteiger partial charge in [0.25, 0.3) is 0 Å². The second-order valence-corrected chi connectivity index (χ2v) is 4.24. The van der Waals surface area contributed by atoms with Crippen molar-refractivity contribution >= 4 is 5.97 Å². The van der Waals surface area contributed by atoms with Gasteiger partial charge in [0.1, 0.15) is 11.6 Å². The lowest BCUT2D eigenvalue weighted by Gasteiger charge is -2.19. The van der Waals surface area contributed by atoms with Crippen LogP contribution in [0.25, 0.3) is 0 Å². The molecule has 5 heteroatoms. The fraction of sp³-hybridized carbons (Fsp3) is 0.500. The van der Waals surface area contributed by atoms with Crippen LogP contribution in [0.15, 0.2) is 18.2 Å². The predicted molar refractivity (Wildman–Crippen MR) is 70.3 cm³/mol. The highest BCUT2D eigenvalue weighted by atomic mass is 19.1. The number of carbonyl (C=O) groups excluding carboxylic acids is 1. The Kier molecular flexibility index (Phi) is 5.76. The molecule has 106 valence electrons. The molecule has 1 unspecified atom stereocenters. The van der Waals surface area contributed by atoms with Crippen LogP contribution < -0.4 is 10.5 Å². The summed E-state index contributed by atoms with van der Waals surface area (Å²) in [5, 5.41) is 0. The van der Waals surface area contributed by atoms with Gasteiger partial charge in [0.05, 0.1) is 6.61 Å². The summed E-state index contributed by atoms with van der Waals surface area (Å²) in [5.41, 5.74) is 6.45. The van der Waals surface area contributed by atoms with E-state index in [9.17, 15) is 9.18 Å². The third-order valence-electron chi connectivity index (χ3n) is 2.66. The Morgan fingerprint density at radius 1 is 1.42 bits per heavy atom. The number of esters is 1. The normalized spacial score (nSPS) is 13.7. The molecule has 0 aliphatic carbocycles. The van der Waals surface area contributed by atoms with E-state index in [1.165, 1.54) is 12.1 Å². The van der Waals surface area contributed by atoms with E-state index in [1.807, 2.05) is 0 Å². The Balaban J connectivity index is 2.95. The molecule has 1 aromatic rings. The molecular weight excluding hydrogens is 249 g/mol. The van der Waals surface area contributed by atoms with Gasteiger partial charge in [-0.25, -0.2) is 9.18 Å². The quantitative estimate of drug-likeness (QED) is 0.806. The van der Waals surface area contributed by atoms with Gasteiger partial charge in [-0.2, -0.15) is 0 Å². The number of hydrogen-bond acceptors (Lipinski definition) is 4. The molecule has 19 heavy (non-hydrogen) atoms. The SMILES string of the molecule is CCOC(=O)C(CC)Oc1cc(F)ccc1[C@@H](C)N. The zero-order chi connectivity index (χ0) is 14.4. The molecule has 2 atom stereocenters. The standard InChI is InChI=1S/C14H20FNO3/c1-4-12(14(17)18-5-2)19-13-8-10(15)6-7-11(13)9(3)16/h6-9,12H,4-5,16H2,1-3H3/t9-,12?/m1/s1. The van der Waals surface area contributed by atoms with E-state index < -0.39 is 17.9 Å². The molecule has 0 bridgehead atoms. The summed E-state index contributed by atoms with van der Waals surface area (Å²) < 4.78 is 23.7. The summed E-state index contributed by atoms with van der Waals surface area (Å²) in [6.07, 6.45) is -0.312. The summed E-state index contributed by atoms with van der Waals surface area (Å²) >= 11 is 0. The molecule has 0 amide bonds. The van der Waals surface area contributed by atoms with E-state index >= 15 is 0 Å². The number of ether oxygens (including phenoxy) is 2. The molecule has 2 N–H and O–H groups in total. The second kappa shape index (κ2) is 7.09. The maximum Gasteiger partial charge on any atom is 0.347 e. The molecule has 0 saturated heterocycles. The zero-order valence-electron chi connectivity index (χ0n) is 11.5. The van der Waals surface area contributed by atoms with Crippen LogP contribution in [-0.4, -0.2) is 18.7 Å². The number of carbonyl (C=O) groups is 1. The number of nitrogens with two attached hydrogens (primary N) is 1. The van der Waals surface area contributed by atoms with Crippen LogP contribution in [0.4, 0.5) is 4.39 Å². The predicted octanol–water partition coefficient (Wildman–Crippen LogP) is 2.57. The van der Waals surface area contributed by atoms with Crippen LogP contribution in [-0.2, 0) is 9.53 Å². The van der Waals surface area contributed by atoms with Crippen molar-refractivity contribution in [2.24, 2.45) is 5.73 Å². The van der Waals surface area contributed by atoms with Crippen LogP contribution in [0.2, 0.25) is 0 Å². The summed E-state index contributed by atoms with van der Waals surface area (Å²) in [5.74, 6) is -0.599. The van der Waals surface area contributed by atoms with Crippen LogP contribution in [0.5, 0.6) is 5.75 Å². The average molecular weight is 269 g/mol.